The molecule has 8 aliphatic heterocycles. The fourth-order valence-electron chi connectivity index (χ4n) is 12.7. The lowest BCUT2D eigenvalue weighted by Gasteiger charge is -2.26. The standard InChI is InChI=1S/4C12H17N5O2.4C11H15N5O2/c1-17(2)12(14)16-11(13)15-6-8-3-4-9-10(5-8)19-7-18-9;1-15-11(13)16-12(14)17(2)6-8-3-4-9-10(5-8)19-7-18-9;1-16(12(15)17(2)11(13)14)6-8-3-4-9-10(5-8)19-7-18-9;1-15-12(16-11(13)14)17(2)6-8-3-4-9-10(5-8)19-7-18-9;1-14-10(12)16-11(13)15-5-7-2-3-8-9(4-7)18-6-17-8;1-16(11(14)15-10(12)13)5-7-2-3-8-9(4-7)18-6-17-8;1-16(10(12)13)11(14)15-5-7-2-3-8-9(4-7)18-6-17-8;1-14-11(16-10(12)13)15-5-7-2-3-8-9(4-7)18-6-17-8/h2*3-5H,6-7H2,1-2H3,(H4,13,14,15,16);3-5,15H,6-7H2,1-2H3,(H3,13,14);3-5H,6-7H2,1-2H3,(H4,13,14,15,16);2-4H,5-6H2,1H3,(H5,12,13,14,15,16);2-4H,5-6H2,1H3,(H5,12,13,14,15);2-4H,5-6H2,1H3,(H3,12,13)(H2,14,15);2-4H,5-6H2,1H3,(H5,12,13,14,15,16). The van der Waals surface area contributed by atoms with Crippen molar-refractivity contribution in [2.24, 2.45) is 146 Å². The minimum atomic E-state index is -0.164. The fourth-order valence-corrected chi connectivity index (χ4v) is 12.7. The van der Waals surface area contributed by atoms with Crippen LogP contribution in [0.3, 0.4) is 0 Å². The predicted molar refractivity (Wildman–Crippen MR) is 563 cm³/mol. The quantitative estimate of drug-likeness (QED) is 0.0464. The van der Waals surface area contributed by atoms with E-state index in [1.165, 1.54) is 9.80 Å². The summed E-state index contributed by atoms with van der Waals surface area (Å²) in [5.41, 5.74) is 89.7. The lowest BCUT2D eigenvalue weighted by Crippen LogP contribution is -2.45. The molecular formula is C92H128N40O16. The van der Waals surface area contributed by atoms with Crippen LogP contribution in [-0.4, -0.2) is 269 Å². The van der Waals surface area contributed by atoms with Crippen LogP contribution >= 0.6 is 0 Å². The van der Waals surface area contributed by atoms with E-state index in [2.05, 4.69) is 70.5 Å². The lowest BCUT2D eigenvalue weighted by molar-refractivity contribution is 0.173. The molecule has 0 bridgehead atoms. The summed E-state index contributed by atoms with van der Waals surface area (Å²) in [6.45, 7) is 6.05. The predicted octanol–water partition coefficient (Wildman–Crippen LogP) is 0.565. The van der Waals surface area contributed by atoms with Gasteiger partial charge in [0.1, 0.15) is 0 Å². The van der Waals surface area contributed by atoms with Gasteiger partial charge in [-0.25, -0.2) is 15.0 Å². The molecule has 148 heavy (non-hydrogen) atoms. The number of fused-ring (bicyclic) bond motifs is 8. The highest BCUT2D eigenvalue weighted by atomic mass is 16.7. The fraction of sp³-hybridized carbons (Fsp3) is 0.304. The molecule has 8 aromatic rings. The van der Waals surface area contributed by atoms with E-state index in [0.29, 0.717) is 87.7 Å². The summed E-state index contributed by atoms with van der Waals surface area (Å²) in [5, 5.41) is 35.7. The molecule has 0 saturated heterocycles. The van der Waals surface area contributed by atoms with Crippen LogP contribution < -0.4 is 172 Å². The number of ether oxygens (including phenoxy) is 16. The number of nitrogens with two attached hydrogens (primary N) is 15. The van der Waals surface area contributed by atoms with Crippen molar-refractivity contribution in [3.63, 3.8) is 0 Å². The Hall–Kier alpha value is -19.5. The summed E-state index contributed by atoms with van der Waals surface area (Å²) in [6.07, 6.45) is 0. The van der Waals surface area contributed by atoms with Gasteiger partial charge in [0.05, 0.1) is 19.6 Å². The molecule has 56 nitrogen and oxygen atoms in total. The first-order chi connectivity index (χ1) is 70.7. The number of benzene rings is 8. The minimum Gasteiger partial charge on any atom is -0.454 e. The molecule has 0 atom stereocenters. The number of hydrogen-bond donors (Lipinski definition) is 21. The van der Waals surface area contributed by atoms with Crippen LogP contribution in [0.5, 0.6) is 92.0 Å². The second-order valence-electron chi connectivity index (χ2n) is 31.7. The highest BCUT2D eigenvalue weighted by Gasteiger charge is 2.24. The van der Waals surface area contributed by atoms with Gasteiger partial charge in [-0.2, -0.15) is 25.0 Å². The Bertz CT molecular complexity index is 6320. The van der Waals surface area contributed by atoms with Crippen LogP contribution in [0.4, 0.5) is 0 Å². The summed E-state index contributed by atoms with van der Waals surface area (Å²) >= 11 is 0. The van der Waals surface area contributed by atoms with Gasteiger partial charge in [0, 0.05) is 117 Å². The van der Waals surface area contributed by atoms with Gasteiger partial charge in [0.2, 0.25) is 84.1 Å². The molecular weight excluding hydrogens is 1920 g/mol. The van der Waals surface area contributed by atoms with Crippen molar-refractivity contribution in [1.82, 2.24) is 44.9 Å². The molecule has 0 unspecified atom stereocenters. The molecule has 0 aliphatic carbocycles. The number of nitrogens with one attached hydrogen (secondary N) is 6. The van der Waals surface area contributed by atoms with E-state index in [1.54, 1.807) is 90.1 Å². The summed E-state index contributed by atoms with van der Waals surface area (Å²) in [4.78, 5) is 58.4. The monoisotopic (exact) mass is 2050 g/mol. The van der Waals surface area contributed by atoms with E-state index in [0.717, 1.165) is 125 Å². The number of guanidine groups is 16. The SMILES string of the molecule is CN(C(=N)N)C(N)=NCc1ccc2c(c1)OCO2.CN(C)C(N)=NC(N)=NCc1ccc2c(c1)OCO2.CN(Cc1ccc2c(c1)OCO2)C(=N)N(C)C(=N)N.CN(Cc1ccc2c(c1)OCO2)C(=N)N=C(N)N.CN=C(N)N=C(N)N(C)Cc1ccc2c(c1)OCO2.CN=C(N)NC(N)=NCc1ccc2c(c1)OCO2.CN=C(N=C(N)N)N(C)Cc1ccc2c(c1)OCO2.CN=C(N=C(N)N)NCc1ccc2c(c1)OCO2. The molecule has 8 heterocycles. The van der Waals surface area contributed by atoms with Crippen molar-refractivity contribution in [2.45, 2.75) is 52.4 Å². The average molecular weight is 2050 g/mol. The maximum atomic E-state index is 7.91. The number of rotatable bonds is 16. The van der Waals surface area contributed by atoms with Crippen LogP contribution in [0.1, 0.15) is 44.5 Å². The molecule has 0 saturated carbocycles. The molecule has 0 radical (unpaired) electrons. The van der Waals surface area contributed by atoms with Gasteiger partial charge in [-0.3, -0.25) is 56.7 Å². The van der Waals surface area contributed by atoms with Crippen molar-refractivity contribution >= 4 is 95.4 Å². The Labute approximate surface area is 853 Å². The van der Waals surface area contributed by atoms with Gasteiger partial charge < -0.3 is 192 Å². The third-order valence-corrected chi connectivity index (χ3v) is 20.5. The van der Waals surface area contributed by atoms with E-state index in [9.17, 15) is 0 Å². The zero-order chi connectivity index (χ0) is 108. The molecule has 0 amide bonds. The molecule has 8 aliphatic rings. The minimum absolute atomic E-state index is 0.00710. The lowest BCUT2D eigenvalue weighted by atomic mass is 10.2. The zero-order valence-electron chi connectivity index (χ0n) is 83.9. The van der Waals surface area contributed by atoms with Crippen molar-refractivity contribution in [2.75, 3.05) is 139 Å². The van der Waals surface area contributed by atoms with Gasteiger partial charge in [-0.15, -0.1) is 0 Å². The normalized spacial score (nSPS) is 13.5. The van der Waals surface area contributed by atoms with Crippen molar-refractivity contribution in [3.05, 3.63) is 190 Å². The largest absolute Gasteiger partial charge is 0.454 e. The van der Waals surface area contributed by atoms with Crippen LogP contribution in [0, 0.1) is 21.6 Å². The van der Waals surface area contributed by atoms with Gasteiger partial charge in [0.15, 0.2) is 158 Å². The van der Waals surface area contributed by atoms with Crippen LogP contribution in [0.15, 0.2) is 206 Å². The summed E-state index contributed by atoms with van der Waals surface area (Å²) in [7, 11) is 20.3. The van der Waals surface area contributed by atoms with Crippen LogP contribution in [0.2, 0.25) is 0 Å². The third kappa shape index (κ3) is 35.6. The highest BCUT2D eigenvalue weighted by Crippen LogP contribution is 2.40. The van der Waals surface area contributed by atoms with E-state index in [4.69, 9.17) is 183 Å². The Morgan fingerprint density at radius 3 is 0.932 bits per heavy atom. The molecule has 16 rings (SSSR count). The number of aliphatic imine (C=N–C) groups is 12. The van der Waals surface area contributed by atoms with Gasteiger partial charge in [-0.1, -0.05) is 48.5 Å². The topological polar surface area (TPSA) is 828 Å². The Kier molecular flexibility index (Phi) is 42.1. The molecule has 0 spiro atoms. The molecule has 8 aromatic carbocycles. The van der Waals surface area contributed by atoms with Crippen molar-refractivity contribution < 1.29 is 75.8 Å². The number of hydrogen-bond acceptors (Lipinski definition) is 27. The molecule has 0 aromatic heterocycles. The average Bonchev–Trinajstić information content (AvgIpc) is 1.70. The highest BCUT2D eigenvalue weighted by molar-refractivity contribution is 5.99. The Morgan fingerprint density at radius 2 is 0.595 bits per heavy atom. The van der Waals surface area contributed by atoms with Gasteiger partial charge in [-0.05, 0) is 142 Å². The first-order valence-electron chi connectivity index (χ1n) is 44.4. The van der Waals surface area contributed by atoms with E-state index in [1.807, 2.05) is 165 Å². The maximum Gasteiger partial charge on any atom is 0.231 e. The Balaban J connectivity index is 0.000000188. The summed E-state index contributed by atoms with van der Waals surface area (Å²) in [6, 6.07) is 45.3. The third-order valence-electron chi connectivity index (χ3n) is 20.5. The first-order valence-corrected chi connectivity index (χ1v) is 44.4. The summed E-state index contributed by atoms with van der Waals surface area (Å²) in [5.74, 6) is 13.9. The van der Waals surface area contributed by atoms with E-state index < -0.39 is 0 Å². The smallest absolute Gasteiger partial charge is 0.231 e. The second-order valence-corrected chi connectivity index (χ2v) is 31.7. The van der Waals surface area contributed by atoms with E-state index in [-0.39, 0.29) is 126 Å². The van der Waals surface area contributed by atoms with Crippen molar-refractivity contribution in [1.29, 1.82) is 21.6 Å². The molecule has 36 N–H and O–H groups in total. The van der Waals surface area contributed by atoms with Crippen LogP contribution in [-0.2, 0) is 52.4 Å². The van der Waals surface area contributed by atoms with Crippen LogP contribution in [0.25, 0.3) is 0 Å². The number of nitrogens with zero attached hydrogens (tertiary/aromatic N) is 19. The van der Waals surface area contributed by atoms with Gasteiger partial charge >= 0.3 is 0 Å². The Morgan fingerprint density at radius 1 is 0.284 bits per heavy atom. The maximum absolute atomic E-state index is 7.91. The molecule has 792 valence electrons. The van der Waals surface area contributed by atoms with Gasteiger partial charge in [0.25, 0.3) is 0 Å². The molecule has 0 fully saturated rings. The zero-order valence-corrected chi connectivity index (χ0v) is 83.9. The van der Waals surface area contributed by atoms with E-state index >= 15 is 0 Å². The second kappa shape index (κ2) is 55.6. The summed E-state index contributed by atoms with van der Waals surface area (Å²) < 4.78 is 84.2. The molecule has 56 heteroatoms. The first kappa shape index (κ1) is 112. The van der Waals surface area contributed by atoms with Crippen molar-refractivity contribution in [3.8, 4) is 92.0 Å².